The lowest BCUT2D eigenvalue weighted by Gasteiger charge is -2.25. The van der Waals surface area contributed by atoms with Crippen molar-refractivity contribution < 1.29 is 5.11 Å². The quantitative estimate of drug-likeness (QED) is 0.819. The van der Waals surface area contributed by atoms with E-state index in [-0.39, 0.29) is 0 Å². The van der Waals surface area contributed by atoms with Crippen molar-refractivity contribution in [3.8, 4) is 5.75 Å². The second-order valence-electron chi connectivity index (χ2n) is 5.68. The summed E-state index contributed by atoms with van der Waals surface area (Å²) in [6, 6.07) is 10.6. The molecular formula is C17H21NOS. The van der Waals surface area contributed by atoms with Crippen molar-refractivity contribution >= 4 is 17.0 Å². The Morgan fingerprint density at radius 1 is 1.25 bits per heavy atom. The summed E-state index contributed by atoms with van der Waals surface area (Å²) in [5.41, 5.74) is 1.93. The minimum Gasteiger partial charge on any atom is -0.508 e. The van der Waals surface area contributed by atoms with E-state index in [9.17, 15) is 5.11 Å². The molecule has 0 aliphatic heterocycles. The molecule has 106 valence electrons. The molecule has 0 bridgehead atoms. The lowest BCUT2D eigenvalue weighted by molar-refractivity contribution is 0.467. The SMILES string of the molecule is Cc1ccc(NC(c2cccs2)C2CCCC2)cc1O. The second-order valence-corrected chi connectivity index (χ2v) is 6.66. The lowest BCUT2D eigenvalue weighted by atomic mass is 9.96. The molecule has 1 aromatic carbocycles. The summed E-state index contributed by atoms with van der Waals surface area (Å²) in [6.45, 7) is 1.92. The fourth-order valence-corrected chi connectivity index (χ4v) is 3.93. The summed E-state index contributed by atoms with van der Waals surface area (Å²) in [7, 11) is 0. The first kappa shape index (κ1) is 13.5. The Kier molecular flexibility index (Phi) is 3.97. The molecule has 2 nitrogen and oxygen atoms in total. The van der Waals surface area contributed by atoms with Gasteiger partial charge in [0.1, 0.15) is 5.75 Å². The zero-order valence-electron chi connectivity index (χ0n) is 11.8. The van der Waals surface area contributed by atoms with Crippen molar-refractivity contribution in [1.29, 1.82) is 0 Å². The molecule has 2 N–H and O–H groups in total. The average molecular weight is 287 g/mol. The van der Waals surface area contributed by atoms with E-state index in [1.54, 1.807) is 0 Å². The maximum absolute atomic E-state index is 9.87. The van der Waals surface area contributed by atoms with Gasteiger partial charge >= 0.3 is 0 Å². The Balaban J connectivity index is 1.84. The van der Waals surface area contributed by atoms with Crippen molar-refractivity contribution in [3.05, 3.63) is 46.2 Å². The first-order valence-electron chi connectivity index (χ1n) is 7.33. The molecule has 1 aliphatic rings. The lowest BCUT2D eigenvalue weighted by Crippen LogP contribution is -2.17. The van der Waals surface area contributed by atoms with Gasteiger partial charge in [-0.05, 0) is 48.8 Å². The van der Waals surface area contributed by atoms with Gasteiger partial charge in [0, 0.05) is 16.6 Å². The second kappa shape index (κ2) is 5.88. The van der Waals surface area contributed by atoms with Gasteiger partial charge in [-0.15, -0.1) is 11.3 Å². The van der Waals surface area contributed by atoms with Gasteiger partial charge in [-0.1, -0.05) is 25.0 Å². The number of rotatable bonds is 4. The van der Waals surface area contributed by atoms with Crippen LogP contribution in [-0.2, 0) is 0 Å². The third-order valence-electron chi connectivity index (χ3n) is 4.25. The Hall–Kier alpha value is -1.48. The van der Waals surface area contributed by atoms with Gasteiger partial charge in [-0.25, -0.2) is 0 Å². The summed E-state index contributed by atoms with van der Waals surface area (Å²) >= 11 is 1.82. The molecule has 0 amide bonds. The molecular weight excluding hydrogens is 266 g/mol. The first-order valence-corrected chi connectivity index (χ1v) is 8.21. The van der Waals surface area contributed by atoms with Gasteiger partial charge in [0.2, 0.25) is 0 Å². The standard InChI is InChI=1S/C17H21NOS/c1-12-8-9-14(11-15(12)19)18-17(13-5-2-3-6-13)16-7-4-10-20-16/h4,7-11,13,17-19H,2-3,5-6H2,1H3. The Morgan fingerprint density at radius 2 is 2.05 bits per heavy atom. The van der Waals surface area contributed by atoms with Crippen LogP contribution in [0.5, 0.6) is 5.75 Å². The van der Waals surface area contributed by atoms with Gasteiger partial charge in [-0.2, -0.15) is 0 Å². The minimum atomic E-state index is 0.367. The molecule has 1 aromatic heterocycles. The van der Waals surface area contributed by atoms with Crippen LogP contribution in [0.4, 0.5) is 5.69 Å². The van der Waals surface area contributed by atoms with E-state index in [2.05, 4.69) is 28.9 Å². The Bertz CT molecular complexity index is 558. The molecule has 1 saturated carbocycles. The highest BCUT2D eigenvalue weighted by atomic mass is 32.1. The molecule has 3 rings (SSSR count). The molecule has 1 atom stereocenters. The van der Waals surface area contributed by atoms with Crippen LogP contribution in [0.15, 0.2) is 35.7 Å². The molecule has 0 spiro atoms. The zero-order chi connectivity index (χ0) is 13.9. The van der Waals surface area contributed by atoms with Crippen LogP contribution in [0.1, 0.15) is 42.2 Å². The third-order valence-corrected chi connectivity index (χ3v) is 5.21. The van der Waals surface area contributed by atoms with Crippen LogP contribution in [0.3, 0.4) is 0 Å². The fourth-order valence-electron chi connectivity index (χ4n) is 3.06. The van der Waals surface area contributed by atoms with E-state index >= 15 is 0 Å². The summed E-state index contributed by atoms with van der Waals surface area (Å²) in [4.78, 5) is 1.40. The summed E-state index contributed by atoms with van der Waals surface area (Å²) < 4.78 is 0. The Labute approximate surface area is 124 Å². The average Bonchev–Trinajstić information content (AvgIpc) is 3.12. The predicted octanol–water partition coefficient (Wildman–Crippen LogP) is 5.11. The van der Waals surface area contributed by atoms with Crippen LogP contribution in [0, 0.1) is 12.8 Å². The summed E-state index contributed by atoms with van der Waals surface area (Å²) in [6.07, 6.45) is 5.28. The highest BCUT2D eigenvalue weighted by molar-refractivity contribution is 7.10. The number of hydrogen-bond donors (Lipinski definition) is 2. The summed E-state index contributed by atoms with van der Waals surface area (Å²) in [5, 5.41) is 15.7. The number of aromatic hydroxyl groups is 1. The number of phenols is 1. The maximum Gasteiger partial charge on any atom is 0.120 e. The van der Waals surface area contributed by atoms with Gasteiger partial charge in [0.05, 0.1) is 6.04 Å². The molecule has 1 fully saturated rings. The number of phenolic OH excluding ortho intramolecular Hbond substituents is 1. The van der Waals surface area contributed by atoms with Crippen LogP contribution >= 0.6 is 11.3 Å². The largest absolute Gasteiger partial charge is 0.508 e. The molecule has 0 radical (unpaired) electrons. The van der Waals surface area contributed by atoms with Crippen molar-refractivity contribution in [2.45, 2.75) is 38.6 Å². The van der Waals surface area contributed by atoms with Crippen LogP contribution < -0.4 is 5.32 Å². The van der Waals surface area contributed by atoms with E-state index in [1.165, 1.54) is 30.6 Å². The van der Waals surface area contributed by atoms with Gasteiger partial charge in [-0.3, -0.25) is 0 Å². The Morgan fingerprint density at radius 3 is 2.70 bits per heavy atom. The third kappa shape index (κ3) is 2.83. The highest BCUT2D eigenvalue weighted by Crippen LogP contribution is 2.39. The monoisotopic (exact) mass is 287 g/mol. The smallest absolute Gasteiger partial charge is 0.120 e. The number of benzene rings is 1. The molecule has 1 aliphatic carbocycles. The van der Waals surface area contributed by atoms with Gasteiger partial charge < -0.3 is 10.4 Å². The fraction of sp³-hybridized carbons (Fsp3) is 0.412. The first-order chi connectivity index (χ1) is 9.74. The number of hydrogen-bond acceptors (Lipinski definition) is 3. The van der Waals surface area contributed by atoms with E-state index in [0.717, 1.165) is 11.3 Å². The highest BCUT2D eigenvalue weighted by Gasteiger charge is 2.27. The van der Waals surface area contributed by atoms with Crippen LogP contribution in [-0.4, -0.2) is 5.11 Å². The van der Waals surface area contributed by atoms with E-state index in [1.807, 2.05) is 30.4 Å². The van der Waals surface area contributed by atoms with Crippen molar-refractivity contribution in [1.82, 2.24) is 0 Å². The van der Waals surface area contributed by atoms with Crippen LogP contribution in [0.2, 0.25) is 0 Å². The molecule has 1 unspecified atom stereocenters. The van der Waals surface area contributed by atoms with E-state index < -0.39 is 0 Å². The summed E-state index contributed by atoms with van der Waals surface area (Å²) in [5.74, 6) is 1.07. The van der Waals surface area contributed by atoms with Crippen LogP contribution in [0.25, 0.3) is 0 Å². The zero-order valence-corrected chi connectivity index (χ0v) is 12.6. The molecule has 3 heteroatoms. The van der Waals surface area contributed by atoms with Gasteiger partial charge in [0.25, 0.3) is 0 Å². The van der Waals surface area contributed by atoms with E-state index in [4.69, 9.17) is 0 Å². The molecule has 20 heavy (non-hydrogen) atoms. The van der Waals surface area contributed by atoms with Crippen molar-refractivity contribution in [2.24, 2.45) is 5.92 Å². The number of aryl methyl sites for hydroxylation is 1. The number of nitrogens with one attached hydrogen (secondary N) is 1. The molecule has 2 aromatic rings. The predicted molar refractivity (Wildman–Crippen MR) is 85.5 cm³/mol. The van der Waals surface area contributed by atoms with Gasteiger partial charge in [0.15, 0.2) is 0 Å². The number of anilines is 1. The van der Waals surface area contributed by atoms with Crippen molar-refractivity contribution in [2.75, 3.05) is 5.32 Å². The van der Waals surface area contributed by atoms with E-state index in [0.29, 0.717) is 17.7 Å². The normalized spacial score (nSPS) is 17.2. The molecule has 1 heterocycles. The topological polar surface area (TPSA) is 32.3 Å². The molecule has 0 saturated heterocycles. The number of thiophene rings is 1. The van der Waals surface area contributed by atoms with Crippen molar-refractivity contribution in [3.63, 3.8) is 0 Å². The maximum atomic E-state index is 9.87. The minimum absolute atomic E-state index is 0.367.